The lowest BCUT2D eigenvalue weighted by atomic mass is 10.1. The summed E-state index contributed by atoms with van der Waals surface area (Å²) in [4.78, 5) is 4.79. The lowest BCUT2D eigenvalue weighted by molar-refractivity contribution is 1.18. The number of hydrogen-bond donors (Lipinski definition) is 1. The molecule has 0 aliphatic rings. The van der Waals surface area contributed by atoms with Crippen molar-refractivity contribution >= 4 is 33.2 Å². The molecule has 38 heavy (non-hydrogen) atoms. The van der Waals surface area contributed by atoms with Gasteiger partial charge in [-0.25, -0.2) is 0 Å². The first-order chi connectivity index (χ1) is 18.8. The SMILES string of the molecule is c1ccc(-c2ccc(Nc3ccc(-c4ccc5c(c4)c4ccccc4n5-c4ccccc4)nc3)cc2)cc1. The Balaban J connectivity index is 1.18. The summed E-state index contributed by atoms with van der Waals surface area (Å²) < 4.78 is 2.33. The highest BCUT2D eigenvalue weighted by Crippen LogP contribution is 2.34. The van der Waals surface area contributed by atoms with Crippen LogP contribution in [0.2, 0.25) is 0 Å². The maximum Gasteiger partial charge on any atom is 0.0703 e. The number of benzene rings is 5. The monoisotopic (exact) mass is 487 g/mol. The molecule has 0 fully saturated rings. The first kappa shape index (κ1) is 22.1. The van der Waals surface area contributed by atoms with Gasteiger partial charge in [-0.2, -0.15) is 0 Å². The van der Waals surface area contributed by atoms with Crippen molar-refractivity contribution in [2.75, 3.05) is 5.32 Å². The van der Waals surface area contributed by atoms with Crippen LogP contribution in [0, 0.1) is 0 Å². The molecule has 2 heterocycles. The summed E-state index contributed by atoms with van der Waals surface area (Å²) in [5.41, 5.74) is 10.0. The quantitative estimate of drug-likeness (QED) is 0.262. The molecular weight excluding hydrogens is 462 g/mol. The summed E-state index contributed by atoms with van der Waals surface area (Å²) in [7, 11) is 0. The van der Waals surface area contributed by atoms with E-state index in [4.69, 9.17) is 4.98 Å². The van der Waals surface area contributed by atoms with Gasteiger partial charge in [0.15, 0.2) is 0 Å². The van der Waals surface area contributed by atoms with E-state index in [1.165, 1.54) is 32.9 Å². The van der Waals surface area contributed by atoms with Crippen molar-refractivity contribution in [3.8, 4) is 28.1 Å². The minimum Gasteiger partial charge on any atom is -0.354 e. The molecule has 2 aromatic heterocycles. The zero-order valence-corrected chi connectivity index (χ0v) is 20.8. The number of pyridine rings is 1. The van der Waals surface area contributed by atoms with Gasteiger partial charge in [-0.05, 0) is 65.7 Å². The molecule has 0 spiro atoms. The summed E-state index contributed by atoms with van der Waals surface area (Å²) in [5, 5.41) is 5.94. The zero-order chi connectivity index (χ0) is 25.3. The van der Waals surface area contributed by atoms with E-state index < -0.39 is 0 Å². The van der Waals surface area contributed by atoms with Gasteiger partial charge in [0.2, 0.25) is 0 Å². The average molecular weight is 488 g/mol. The van der Waals surface area contributed by atoms with E-state index in [-0.39, 0.29) is 0 Å². The van der Waals surface area contributed by atoms with E-state index in [0.717, 1.165) is 28.3 Å². The van der Waals surface area contributed by atoms with Crippen LogP contribution in [-0.4, -0.2) is 9.55 Å². The van der Waals surface area contributed by atoms with Gasteiger partial charge in [0.1, 0.15) is 0 Å². The minimum absolute atomic E-state index is 0.952. The van der Waals surface area contributed by atoms with Gasteiger partial charge in [0.05, 0.1) is 28.6 Å². The summed E-state index contributed by atoms with van der Waals surface area (Å²) >= 11 is 0. The molecule has 0 saturated heterocycles. The van der Waals surface area contributed by atoms with Crippen LogP contribution in [0.25, 0.3) is 49.9 Å². The van der Waals surface area contributed by atoms with Crippen molar-refractivity contribution in [2.24, 2.45) is 0 Å². The van der Waals surface area contributed by atoms with Crippen LogP contribution in [0.5, 0.6) is 0 Å². The lowest BCUT2D eigenvalue weighted by Crippen LogP contribution is -1.93. The highest BCUT2D eigenvalue weighted by molar-refractivity contribution is 6.10. The standard InChI is InChI=1S/C35H25N3/c1-3-9-25(10-4-1)26-15-18-28(19-16-26)37-29-20-21-33(36-24-29)27-17-22-35-32(23-27)31-13-7-8-14-34(31)38(35)30-11-5-2-6-12-30/h1-24,37H. The highest BCUT2D eigenvalue weighted by Gasteiger charge is 2.13. The predicted molar refractivity (Wildman–Crippen MR) is 159 cm³/mol. The van der Waals surface area contributed by atoms with E-state index >= 15 is 0 Å². The Hall–Kier alpha value is -5.15. The van der Waals surface area contributed by atoms with Gasteiger partial charge in [0, 0.05) is 27.7 Å². The van der Waals surface area contributed by atoms with Crippen LogP contribution >= 0.6 is 0 Å². The number of rotatable bonds is 5. The molecule has 180 valence electrons. The van der Waals surface area contributed by atoms with E-state index in [2.05, 4.69) is 143 Å². The van der Waals surface area contributed by atoms with Crippen LogP contribution in [-0.2, 0) is 0 Å². The second-order valence-electron chi connectivity index (χ2n) is 9.42. The first-order valence-electron chi connectivity index (χ1n) is 12.8. The maximum absolute atomic E-state index is 4.79. The molecule has 0 radical (unpaired) electrons. The van der Waals surface area contributed by atoms with Gasteiger partial charge in [-0.1, -0.05) is 84.9 Å². The number of para-hydroxylation sites is 2. The molecule has 0 atom stereocenters. The fourth-order valence-corrected chi connectivity index (χ4v) is 5.17. The number of anilines is 2. The van der Waals surface area contributed by atoms with Gasteiger partial charge >= 0.3 is 0 Å². The molecule has 0 unspecified atom stereocenters. The number of aromatic nitrogens is 2. The predicted octanol–water partition coefficient (Wildman–Crippen LogP) is 9.26. The average Bonchev–Trinajstić information content (AvgIpc) is 3.33. The Morgan fingerprint density at radius 3 is 1.87 bits per heavy atom. The van der Waals surface area contributed by atoms with E-state index in [0.29, 0.717) is 0 Å². The number of nitrogens with one attached hydrogen (secondary N) is 1. The first-order valence-corrected chi connectivity index (χ1v) is 12.8. The van der Waals surface area contributed by atoms with Crippen molar-refractivity contribution in [2.45, 2.75) is 0 Å². The molecule has 0 bridgehead atoms. The van der Waals surface area contributed by atoms with E-state index in [9.17, 15) is 0 Å². The lowest BCUT2D eigenvalue weighted by Gasteiger charge is -2.09. The molecule has 0 saturated carbocycles. The van der Waals surface area contributed by atoms with Crippen LogP contribution < -0.4 is 5.32 Å². The molecular formula is C35H25N3. The minimum atomic E-state index is 0.952. The number of nitrogens with zero attached hydrogens (tertiary/aromatic N) is 2. The Labute approximate surface area is 221 Å². The van der Waals surface area contributed by atoms with Crippen LogP contribution in [0.15, 0.2) is 146 Å². The van der Waals surface area contributed by atoms with E-state index in [1.807, 2.05) is 12.3 Å². The molecule has 0 aliphatic carbocycles. The van der Waals surface area contributed by atoms with Crippen molar-refractivity contribution in [3.63, 3.8) is 0 Å². The summed E-state index contributed by atoms with van der Waals surface area (Å²) in [6.45, 7) is 0. The Kier molecular flexibility index (Phi) is 5.45. The second-order valence-corrected chi connectivity index (χ2v) is 9.42. The molecule has 0 amide bonds. The third-order valence-electron chi connectivity index (χ3n) is 7.03. The smallest absolute Gasteiger partial charge is 0.0703 e. The second kappa shape index (κ2) is 9.38. The fourth-order valence-electron chi connectivity index (χ4n) is 5.17. The summed E-state index contributed by atoms with van der Waals surface area (Å²) in [6, 6.07) is 48.8. The normalized spacial score (nSPS) is 11.2. The molecule has 1 N–H and O–H groups in total. The molecule has 7 rings (SSSR count). The molecule has 0 aliphatic heterocycles. The van der Waals surface area contributed by atoms with E-state index in [1.54, 1.807) is 0 Å². The summed E-state index contributed by atoms with van der Waals surface area (Å²) in [6.07, 6.45) is 1.90. The molecule has 3 heteroatoms. The van der Waals surface area contributed by atoms with Crippen molar-refractivity contribution in [3.05, 3.63) is 146 Å². The third-order valence-corrected chi connectivity index (χ3v) is 7.03. The fraction of sp³-hybridized carbons (Fsp3) is 0. The Bertz CT molecular complexity index is 1850. The molecule has 3 nitrogen and oxygen atoms in total. The zero-order valence-electron chi connectivity index (χ0n) is 20.8. The van der Waals surface area contributed by atoms with Crippen molar-refractivity contribution in [1.82, 2.24) is 9.55 Å². The number of fused-ring (bicyclic) bond motifs is 3. The topological polar surface area (TPSA) is 29.9 Å². The van der Waals surface area contributed by atoms with Gasteiger partial charge in [0.25, 0.3) is 0 Å². The van der Waals surface area contributed by atoms with Crippen LogP contribution in [0.4, 0.5) is 11.4 Å². The van der Waals surface area contributed by atoms with Crippen molar-refractivity contribution < 1.29 is 0 Å². The van der Waals surface area contributed by atoms with Gasteiger partial charge in [-0.15, -0.1) is 0 Å². The summed E-state index contributed by atoms with van der Waals surface area (Å²) in [5.74, 6) is 0. The van der Waals surface area contributed by atoms with Crippen LogP contribution in [0.3, 0.4) is 0 Å². The Morgan fingerprint density at radius 1 is 0.474 bits per heavy atom. The van der Waals surface area contributed by atoms with Gasteiger partial charge < -0.3 is 9.88 Å². The number of hydrogen-bond acceptors (Lipinski definition) is 2. The highest BCUT2D eigenvalue weighted by atomic mass is 15.0. The Morgan fingerprint density at radius 2 is 1.11 bits per heavy atom. The largest absolute Gasteiger partial charge is 0.354 e. The van der Waals surface area contributed by atoms with Crippen LogP contribution in [0.1, 0.15) is 0 Å². The maximum atomic E-state index is 4.79. The van der Waals surface area contributed by atoms with Gasteiger partial charge in [-0.3, -0.25) is 4.98 Å². The molecule has 5 aromatic carbocycles. The third kappa shape index (κ3) is 4.00. The van der Waals surface area contributed by atoms with Crippen molar-refractivity contribution in [1.29, 1.82) is 0 Å². The molecule has 7 aromatic rings.